The molecule has 0 aromatic heterocycles. The highest BCUT2D eigenvalue weighted by Crippen LogP contribution is 2.27. The van der Waals surface area contributed by atoms with Crippen LogP contribution in [0.15, 0.2) is 42.5 Å². The van der Waals surface area contributed by atoms with Gasteiger partial charge < -0.3 is 9.47 Å². The number of nitrogens with zero attached hydrogens (tertiary/aromatic N) is 1. The summed E-state index contributed by atoms with van der Waals surface area (Å²) in [6.07, 6.45) is 1.82. The van der Waals surface area contributed by atoms with E-state index in [9.17, 15) is 9.18 Å². The maximum Gasteiger partial charge on any atom is 0.313 e. The molecule has 25 heavy (non-hydrogen) atoms. The second kappa shape index (κ2) is 8.84. The summed E-state index contributed by atoms with van der Waals surface area (Å²) in [6.45, 7) is 4.25. The van der Waals surface area contributed by atoms with Crippen molar-refractivity contribution in [1.29, 1.82) is 5.26 Å². The number of halogens is 1. The Morgan fingerprint density at radius 1 is 1.24 bits per heavy atom. The highest BCUT2D eigenvalue weighted by molar-refractivity contribution is 5.77. The van der Waals surface area contributed by atoms with Crippen molar-refractivity contribution >= 4 is 5.97 Å². The van der Waals surface area contributed by atoms with E-state index in [1.807, 2.05) is 13.0 Å². The molecule has 0 heterocycles. The van der Waals surface area contributed by atoms with Crippen LogP contribution < -0.4 is 4.74 Å². The van der Waals surface area contributed by atoms with Crippen molar-refractivity contribution < 1.29 is 18.7 Å². The van der Waals surface area contributed by atoms with Crippen LogP contribution in [0, 0.1) is 17.1 Å². The number of nitriles is 1. The van der Waals surface area contributed by atoms with Gasteiger partial charge in [0.15, 0.2) is 11.6 Å². The standard InChI is InChI=1S/C20H20FNO3/c1-3-4-11-24-20(23)14(2)16-6-8-17(9-7-16)25-19-10-5-15(13-22)12-18(19)21/h5-10,12,14H,3-4,11H2,1-2H3/t14-/m1/s1. The van der Waals surface area contributed by atoms with Gasteiger partial charge in [-0.3, -0.25) is 4.79 Å². The minimum Gasteiger partial charge on any atom is -0.465 e. The molecule has 0 fully saturated rings. The SMILES string of the molecule is CCCCOC(=O)[C@H](C)c1ccc(Oc2ccc(C#N)cc2F)cc1. The molecule has 0 saturated carbocycles. The molecule has 0 aliphatic rings. The second-order valence-corrected chi connectivity index (χ2v) is 5.67. The Balaban J connectivity index is 2.02. The monoisotopic (exact) mass is 341 g/mol. The van der Waals surface area contributed by atoms with E-state index < -0.39 is 5.82 Å². The Morgan fingerprint density at radius 2 is 1.96 bits per heavy atom. The van der Waals surface area contributed by atoms with E-state index in [2.05, 4.69) is 0 Å². The van der Waals surface area contributed by atoms with Crippen LogP contribution >= 0.6 is 0 Å². The first-order valence-electron chi connectivity index (χ1n) is 8.19. The lowest BCUT2D eigenvalue weighted by atomic mass is 10.0. The summed E-state index contributed by atoms with van der Waals surface area (Å²) in [7, 11) is 0. The zero-order valence-electron chi connectivity index (χ0n) is 14.3. The van der Waals surface area contributed by atoms with Crippen LogP contribution in [0.4, 0.5) is 4.39 Å². The minimum absolute atomic E-state index is 0.0405. The molecule has 0 spiro atoms. The van der Waals surface area contributed by atoms with Gasteiger partial charge in [-0.2, -0.15) is 5.26 Å². The summed E-state index contributed by atoms with van der Waals surface area (Å²) in [5.41, 5.74) is 1.03. The van der Waals surface area contributed by atoms with Gasteiger partial charge in [-0.05, 0) is 49.2 Å². The van der Waals surface area contributed by atoms with Crippen molar-refractivity contribution in [2.75, 3.05) is 6.61 Å². The molecular formula is C20H20FNO3. The highest BCUT2D eigenvalue weighted by Gasteiger charge is 2.16. The van der Waals surface area contributed by atoms with Crippen LogP contribution in [0.25, 0.3) is 0 Å². The Morgan fingerprint density at radius 3 is 2.56 bits per heavy atom. The van der Waals surface area contributed by atoms with Crippen LogP contribution in [0.5, 0.6) is 11.5 Å². The van der Waals surface area contributed by atoms with Gasteiger partial charge in [0.05, 0.1) is 24.2 Å². The molecule has 0 N–H and O–H groups in total. The lowest BCUT2D eigenvalue weighted by Crippen LogP contribution is -2.13. The summed E-state index contributed by atoms with van der Waals surface area (Å²) < 4.78 is 24.5. The summed E-state index contributed by atoms with van der Waals surface area (Å²) in [5, 5.41) is 8.74. The van der Waals surface area contributed by atoms with Crippen molar-refractivity contribution in [3.63, 3.8) is 0 Å². The summed E-state index contributed by atoms with van der Waals surface area (Å²) in [4.78, 5) is 12.0. The Kier molecular flexibility index (Phi) is 6.53. The number of hydrogen-bond donors (Lipinski definition) is 0. The first-order valence-corrected chi connectivity index (χ1v) is 8.19. The topological polar surface area (TPSA) is 59.3 Å². The van der Waals surface area contributed by atoms with E-state index in [-0.39, 0.29) is 23.2 Å². The predicted molar refractivity (Wildman–Crippen MR) is 91.9 cm³/mol. The maximum atomic E-state index is 13.8. The first-order chi connectivity index (χ1) is 12.0. The molecule has 1 atom stereocenters. The van der Waals surface area contributed by atoms with Crippen molar-refractivity contribution in [3.05, 3.63) is 59.4 Å². The summed E-state index contributed by atoms with van der Waals surface area (Å²) >= 11 is 0. The Bertz CT molecular complexity index is 766. The lowest BCUT2D eigenvalue weighted by Gasteiger charge is -2.13. The minimum atomic E-state index is -0.601. The number of carbonyl (C=O) groups excluding carboxylic acids is 1. The molecule has 0 unspecified atom stereocenters. The van der Waals surface area contributed by atoms with Crippen molar-refractivity contribution in [2.24, 2.45) is 0 Å². The van der Waals surface area contributed by atoms with E-state index in [1.165, 1.54) is 12.1 Å². The molecule has 0 aliphatic carbocycles. The van der Waals surface area contributed by atoms with Gasteiger partial charge in [-0.15, -0.1) is 0 Å². The zero-order chi connectivity index (χ0) is 18.2. The predicted octanol–water partition coefficient (Wildman–Crippen LogP) is 4.94. The van der Waals surface area contributed by atoms with Crippen LogP contribution in [0.1, 0.15) is 43.7 Å². The highest BCUT2D eigenvalue weighted by atomic mass is 19.1. The number of unbranched alkanes of at least 4 members (excludes halogenated alkanes) is 1. The molecule has 0 amide bonds. The molecule has 2 rings (SSSR count). The number of esters is 1. The molecule has 2 aromatic carbocycles. The van der Waals surface area contributed by atoms with E-state index in [4.69, 9.17) is 14.7 Å². The van der Waals surface area contributed by atoms with Gasteiger partial charge in [0, 0.05) is 0 Å². The fourth-order valence-electron chi connectivity index (χ4n) is 2.18. The molecule has 0 saturated heterocycles. The number of ether oxygens (including phenoxy) is 2. The largest absolute Gasteiger partial charge is 0.465 e. The molecule has 130 valence electrons. The van der Waals surface area contributed by atoms with Gasteiger partial charge >= 0.3 is 5.97 Å². The van der Waals surface area contributed by atoms with Crippen LogP contribution in [-0.2, 0) is 9.53 Å². The van der Waals surface area contributed by atoms with E-state index in [0.29, 0.717) is 12.4 Å². The molecular weight excluding hydrogens is 321 g/mol. The zero-order valence-corrected chi connectivity index (χ0v) is 14.3. The van der Waals surface area contributed by atoms with Gasteiger partial charge in [0.1, 0.15) is 5.75 Å². The molecule has 2 aromatic rings. The van der Waals surface area contributed by atoms with Gasteiger partial charge in [-0.25, -0.2) is 4.39 Å². The molecule has 0 radical (unpaired) electrons. The van der Waals surface area contributed by atoms with Gasteiger partial charge in [0.2, 0.25) is 0 Å². The maximum absolute atomic E-state index is 13.8. The number of rotatable bonds is 7. The summed E-state index contributed by atoms with van der Waals surface area (Å²) in [5.74, 6) is -0.758. The molecule has 0 aliphatic heterocycles. The Labute approximate surface area is 146 Å². The lowest BCUT2D eigenvalue weighted by molar-refractivity contribution is -0.145. The number of carbonyl (C=O) groups is 1. The molecule has 0 bridgehead atoms. The smallest absolute Gasteiger partial charge is 0.313 e. The normalized spacial score (nSPS) is 11.4. The van der Waals surface area contributed by atoms with Crippen LogP contribution in [0.3, 0.4) is 0 Å². The average Bonchev–Trinajstić information content (AvgIpc) is 2.63. The quantitative estimate of drug-likeness (QED) is 0.529. The van der Waals surface area contributed by atoms with Crippen molar-refractivity contribution in [1.82, 2.24) is 0 Å². The van der Waals surface area contributed by atoms with Crippen LogP contribution in [-0.4, -0.2) is 12.6 Å². The number of hydrogen-bond acceptors (Lipinski definition) is 4. The fraction of sp³-hybridized carbons (Fsp3) is 0.300. The molecule has 4 nitrogen and oxygen atoms in total. The van der Waals surface area contributed by atoms with E-state index >= 15 is 0 Å². The van der Waals surface area contributed by atoms with E-state index in [0.717, 1.165) is 24.5 Å². The third-order valence-electron chi connectivity index (χ3n) is 3.76. The van der Waals surface area contributed by atoms with Crippen LogP contribution in [0.2, 0.25) is 0 Å². The van der Waals surface area contributed by atoms with E-state index in [1.54, 1.807) is 31.2 Å². The van der Waals surface area contributed by atoms with Gasteiger partial charge in [0.25, 0.3) is 0 Å². The average molecular weight is 341 g/mol. The first kappa shape index (κ1) is 18.5. The van der Waals surface area contributed by atoms with Crippen molar-refractivity contribution in [2.45, 2.75) is 32.6 Å². The second-order valence-electron chi connectivity index (χ2n) is 5.67. The summed E-state index contributed by atoms with van der Waals surface area (Å²) in [6, 6.07) is 12.7. The number of benzene rings is 2. The third kappa shape index (κ3) is 5.05. The fourth-order valence-corrected chi connectivity index (χ4v) is 2.18. The third-order valence-corrected chi connectivity index (χ3v) is 3.76. The molecule has 5 heteroatoms. The Hall–Kier alpha value is -2.87. The van der Waals surface area contributed by atoms with Crippen molar-refractivity contribution in [3.8, 4) is 17.6 Å². The van der Waals surface area contributed by atoms with Gasteiger partial charge in [-0.1, -0.05) is 25.5 Å².